The number of nitrogens with two attached hydrogens (primary N) is 1. The van der Waals surface area contributed by atoms with Crippen molar-refractivity contribution in [3.8, 4) is 0 Å². The van der Waals surface area contributed by atoms with Crippen molar-refractivity contribution in [3.05, 3.63) is 30.1 Å². The fourth-order valence-electron chi connectivity index (χ4n) is 0.811. The summed E-state index contributed by atoms with van der Waals surface area (Å²) in [6.07, 6.45) is 0. The van der Waals surface area contributed by atoms with Crippen LogP contribution in [-0.4, -0.2) is 23.5 Å². The minimum Gasteiger partial charge on any atom is -0.395 e. The Kier molecular flexibility index (Phi) is 4.21. The van der Waals surface area contributed by atoms with Gasteiger partial charge in [-0.1, -0.05) is 12.1 Å². The van der Waals surface area contributed by atoms with E-state index in [1.54, 1.807) is 18.2 Å². The summed E-state index contributed by atoms with van der Waals surface area (Å²) in [4.78, 5) is 0.575. The maximum Gasteiger partial charge on any atom is 0.136 e. The van der Waals surface area contributed by atoms with Gasteiger partial charge in [0.05, 0.1) is 6.61 Å². The van der Waals surface area contributed by atoms with Crippen LogP contribution in [-0.2, 0) is 0 Å². The molecular weight excluding hydrogens is 189 g/mol. The number of hydrogen-bond donors (Lipinski definition) is 2. The molecule has 0 bridgehead atoms. The van der Waals surface area contributed by atoms with Gasteiger partial charge in [0, 0.05) is 16.7 Å². The Morgan fingerprint density at radius 3 is 2.77 bits per heavy atom. The fraction of sp³-hybridized carbons (Fsp3) is 0.333. The van der Waals surface area contributed by atoms with Gasteiger partial charge < -0.3 is 10.8 Å². The van der Waals surface area contributed by atoms with Crippen LogP contribution < -0.4 is 5.73 Å². The molecule has 0 radical (unpaired) electrons. The van der Waals surface area contributed by atoms with Crippen molar-refractivity contribution in [1.82, 2.24) is 0 Å². The van der Waals surface area contributed by atoms with Crippen molar-refractivity contribution >= 4 is 11.8 Å². The first kappa shape index (κ1) is 10.5. The first-order chi connectivity index (χ1) is 6.24. The standard InChI is InChI=1S/C9H12FNOS/c10-8-3-1-2-4-9(8)13-6-7(11)5-12/h1-4,7,12H,5-6,11H2/t7-/m1/s1. The third-order valence-electron chi connectivity index (χ3n) is 1.52. The first-order valence-corrected chi connectivity index (χ1v) is 4.96. The summed E-state index contributed by atoms with van der Waals surface area (Å²) in [6, 6.07) is 6.24. The lowest BCUT2D eigenvalue weighted by Crippen LogP contribution is -2.26. The highest BCUT2D eigenvalue weighted by atomic mass is 32.2. The van der Waals surface area contributed by atoms with Crippen molar-refractivity contribution in [2.45, 2.75) is 10.9 Å². The molecule has 0 amide bonds. The summed E-state index contributed by atoms with van der Waals surface area (Å²) in [5.74, 6) is 0.287. The molecule has 3 N–H and O–H groups in total. The van der Waals surface area contributed by atoms with Gasteiger partial charge in [0.15, 0.2) is 0 Å². The van der Waals surface area contributed by atoms with Crippen LogP contribution in [0.1, 0.15) is 0 Å². The SMILES string of the molecule is N[C@H](CO)CSc1ccccc1F. The van der Waals surface area contributed by atoms with E-state index in [4.69, 9.17) is 10.8 Å². The molecule has 0 heterocycles. The third-order valence-corrected chi connectivity index (χ3v) is 2.76. The van der Waals surface area contributed by atoms with E-state index in [-0.39, 0.29) is 18.5 Å². The Balaban J connectivity index is 2.50. The molecule has 0 aliphatic carbocycles. The minimum atomic E-state index is -0.287. The van der Waals surface area contributed by atoms with Gasteiger partial charge in [-0.15, -0.1) is 11.8 Å². The molecule has 0 saturated carbocycles. The molecule has 0 spiro atoms. The fourth-order valence-corrected chi connectivity index (χ4v) is 1.69. The monoisotopic (exact) mass is 201 g/mol. The van der Waals surface area contributed by atoms with Gasteiger partial charge in [-0.25, -0.2) is 4.39 Å². The van der Waals surface area contributed by atoms with Crippen molar-refractivity contribution in [2.75, 3.05) is 12.4 Å². The molecule has 1 rings (SSSR count). The van der Waals surface area contributed by atoms with Crippen LogP contribution in [0.25, 0.3) is 0 Å². The van der Waals surface area contributed by atoms with Gasteiger partial charge in [0.25, 0.3) is 0 Å². The summed E-state index contributed by atoms with van der Waals surface area (Å²) in [7, 11) is 0. The van der Waals surface area contributed by atoms with Gasteiger partial charge in [0.2, 0.25) is 0 Å². The highest BCUT2D eigenvalue weighted by Gasteiger charge is 2.04. The normalized spacial score (nSPS) is 12.8. The summed E-state index contributed by atoms with van der Waals surface area (Å²) < 4.78 is 13.0. The highest BCUT2D eigenvalue weighted by molar-refractivity contribution is 7.99. The molecule has 0 fully saturated rings. The number of thioether (sulfide) groups is 1. The Labute approximate surface area is 80.9 Å². The third kappa shape index (κ3) is 3.34. The maximum atomic E-state index is 13.0. The molecule has 0 aromatic heterocycles. The van der Waals surface area contributed by atoms with Crippen LogP contribution in [0, 0.1) is 5.82 Å². The number of aliphatic hydroxyl groups excluding tert-OH is 1. The molecule has 0 aliphatic heterocycles. The minimum absolute atomic E-state index is 0.0680. The second-order valence-corrected chi connectivity index (χ2v) is 3.75. The van der Waals surface area contributed by atoms with E-state index in [1.807, 2.05) is 0 Å². The molecule has 72 valence electrons. The molecule has 1 atom stereocenters. The second kappa shape index (κ2) is 5.21. The summed E-state index contributed by atoms with van der Waals surface area (Å²) in [6.45, 7) is -0.0680. The van der Waals surface area contributed by atoms with Crippen molar-refractivity contribution in [1.29, 1.82) is 0 Å². The van der Waals surface area contributed by atoms with Gasteiger partial charge in [0.1, 0.15) is 5.82 Å². The zero-order valence-electron chi connectivity index (χ0n) is 7.11. The Hall–Kier alpha value is -0.580. The second-order valence-electron chi connectivity index (χ2n) is 2.68. The lowest BCUT2D eigenvalue weighted by Gasteiger charge is -2.07. The predicted octanol–water partition coefficient (Wildman–Crippen LogP) is 1.24. The molecule has 0 aliphatic rings. The topological polar surface area (TPSA) is 46.2 Å². The first-order valence-electron chi connectivity index (χ1n) is 3.98. The van der Waals surface area contributed by atoms with Crippen LogP contribution in [0.15, 0.2) is 29.2 Å². The summed E-state index contributed by atoms with van der Waals surface area (Å²) >= 11 is 1.32. The predicted molar refractivity (Wildman–Crippen MR) is 52.2 cm³/mol. The van der Waals surface area contributed by atoms with E-state index in [1.165, 1.54) is 17.8 Å². The van der Waals surface area contributed by atoms with Gasteiger partial charge in [-0.3, -0.25) is 0 Å². The van der Waals surface area contributed by atoms with E-state index < -0.39 is 0 Å². The van der Waals surface area contributed by atoms with Crippen LogP contribution >= 0.6 is 11.8 Å². The van der Waals surface area contributed by atoms with Gasteiger partial charge in [-0.2, -0.15) is 0 Å². The van der Waals surface area contributed by atoms with E-state index in [2.05, 4.69) is 0 Å². The zero-order valence-corrected chi connectivity index (χ0v) is 7.93. The van der Waals surface area contributed by atoms with Gasteiger partial charge in [-0.05, 0) is 12.1 Å². The number of halogens is 1. The molecule has 0 unspecified atom stereocenters. The van der Waals surface area contributed by atoms with Gasteiger partial charge >= 0.3 is 0 Å². The van der Waals surface area contributed by atoms with Crippen molar-refractivity contribution in [2.24, 2.45) is 5.73 Å². The van der Waals surface area contributed by atoms with E-state index in [0.29, 0.717) is 10.6 Å². The highest BCUT2D eigenvalue weighted by Crippen LogP contribution is 2.21. The van der Waals surface area contributed by atoms with E-state index >= 15 is 0 Å². The Morgan fingerprint density at radius 1 is 1.46 bits per heavy atom. The number of aliphatic hydroxyl groups is 1. The Bertz CT molecular complexity index is 270. The number of rotatable bonds is 4. The molecule has 0 saturated heterocycles. The molecule has 13 heavy (non-hydrogen) atoms. The molecule has 1 aromatic rings. The largest absolute Gasteiger partial charge is 0.395 e. The van der Waals surface area contributed by atoms with Crippen LogP contribution in [0.4, 0.5) is 4.39 Å². The average Bonchev–Trinajstić information content (AvgIpc) is 2.16. The lowest BCUT2D eigenvalue weighted by atomic mass is 10.3. The Morgan fingerprint density at radius 2 is 2.15 bits per heavy atom. The quantitative estimate of drug-likeness (QED) is 0.720. The molecular formula is C9H12FNOS. The lowest BCUT2D eigenvalue weighted by molar-refractivity contribution is 0.275. The smallest absolute Gasteiger partial charge is 0.136 e. The molecule has 4 heteroatoms. The van der Waals surface area contributed by atoms with Crippen LogP contribution in [0.5, 0.6) is 0 Å². The van der Waals surface area contributed by atoms with Crippen molar-refractivity contribution < 1.29 is 9.50 Å². The molecule has 2 nitrogen and oxygen atoms in total. The summed E-state index contributed by atoms with van der Waals surface area (Å²) in [5, 5.41) is 8.65. The number of hydrogen-bond acceptors (Lipinski definition) is 3. The van der Waals surface area contributed by atoms with E-state index in [9.17, 15) is 4.39 Å². The number of benzene rings is 1. The van der Waals surface area contributed by atoms with Crippen LogP contribution in [0.3, 0.4) is 0 Å². The van der Waals surface area contributed by atoms with Crippen LogP contribution in [0.2, 0.25) is 0 Å². The average molecular weight is 201 g/mol. The molecule has 1 aromatic carbocycles. The maximum absolute atomic E-state index is 13.0. The van der Waals surface area contributed by atoms with E-state index in [0.717, 1.165) is 0 Å². The zero-order chi connectivity index (χ0) is 9.68. The van der Waals surface area contributed by atoms with Crippen molar-refractivity contribution in [3.63, 3.8) is 0 Å². The summed E-state index contributed by atoms with van der Waals surface area (Å²) in [5.41, 5.74) is 5.48.